The monoisotopic (exact) mass is 571 g/mol. The zero-order chi connectivity index (χ0) is 22.4. The Hall–Kier alpha value is -1.85. The third-order valence-electron chi connectivity index (χ3n) is 5.74. The van der Waals surface area contributed by atoms with Crippen molar-refractivity contribution in [3.8, 4) is 0 Å². The van der Waals surface area contributed by atoms with Crippen LogP contribution in [0.2, 0.25) is 0 Å². The highest BCUT2D eigenvalue weighted by molar-refractivity contribution is 14.0. The lowest BCUT2D eigenvalue weighted by Crippen LogP contribution is -2.52. The van der Waals surface area contributed by atoms with E-state index >= 15 is 0 Å². The summed E-state index contributed by atoms with van der Waals surface area (Å²) in [6.07, 6.45) is 0. The molecule has 0 atom stereocenters. The molecule has 2 N–H and O–H groups in total. The highest BCUT2D eigenvalue weighted by atomic mass is 127. The summed E-state index contributed by atoms with van der Waals surface area (Å²) < 4.78 is 26.1. The Balaban J connectivity index is 0.00000363. The molecule has 1 fully saturated rings. The molecule has 7 nitrogen and oxygen atoms in total. The average Bonchev–Trinajstić information content (AvgIpc) is 2.79. The molecule has 0 bridgehead atoms. The summed E-state index contributed by atoms with van der Waals surface area (Å²) in [4.78, 5) is 9.80. The van der Waals surface area contributed by atoms with Crippen LogP contribution in [0.15, 0.2) is 52.4 Å². The maximum atomic E-state index is 11.9. The molecule has 1 aliphatic rings. The van der Waals surface area contributed by atoms with Gasteiger partial charge in [-0.15, -0.1) is 24.0 Å². The van der Waals surface area contributed by atoms with Crippen molar-refractivity contribution < 1.29 is 8.42 Å². The van der Waals surface area contributed by atoms with Crippen LogP contribution < -0.4 is 14.9 Å². The number of guanidine groups is 1. The highest BCUT2D eigenvalue weighted by Gasteiger charge is 2.21. The summed E-state index contributed by atoms with van der Waals surface area (Å²) in [5, 5.41) is 3.39. The number of piperazine rings is 1. The van der Waals surface area contributed by atoms with E-state index in [-0.39, 0.29) is 28.9 Å². The fraction of sp³-hybridized carbons (Fsp3) is 0.435. The summed E-state index contributed by atoms with van der Waals surface area (Å²) in [6, 6.07) is 13.4. The smallest absolute Gasteiger partial charge is 0.240 e. The van der Waals surface area contributed by atoms with Crippen molar-refractivity contribution in [1.82, 2.24) is 14.9 Å². The molecule has 0 unspecified atom stereocenters. The standard InChI is InChI=1S/C23H33N5O2S.HI/c1-5-25-23(26-17-20-9-11-21(12-10-20)31(29,30)24-4)28-15-13-27(14-16-28)22-8-6-7-18(2)19(22)3;/h6-12,24H,5,13-17H2,1-4H3,(H,25,26);1H. The van der Waals surface area contributed by atoms with Gasteiger partial charge in [0.05, 0.1) is 11.4 Å². The third-order valence-corrected chi connectivity index (χ3v) is 7.17. The Kier molecular flexibility index (Phi) is 9.78. The molecule has 2 aromatic carbocycles. The summed E-state index contributed by atoms with van der Waals surface area (Å²) in [5.41, 5.74) is 4.96. The maximum absolute atomic E-state index is 11.9. The maximum Gasteiger partial charge on any atom is 0.240 e. The van der Waals surface area contributed by atoms with Crippen molar-refractivity contribution in [3.63, 3.8) is 0 Å². The van der Waals surface area contributed by atoms with Crippen LogP contribution >= 0.6 is 24.0 Å². The first-order chi connectivity index (χ1) is 14.9. The van der Waals surface area contributed by atoms with Crippen molar-refractivity contribution in [1.29, 1.82) is 0 Å². The van der Waals surface area contributed by atoms with E-state index in [0.29, 0.717) is 6.54 Å². The molecule has 1 saturated heterocycles. The van der Waals surface area contributed by atoms with Crippen LogP contribution in [0.1, 0.15) is 23.6 Å². The first-order valence-corrected chi connectivity index (χ1v) is 12.2. The fourth-order valence-electron chi connectivity index (χ4n) is 3.72. The number of sulfonamides is 1. The lowest BCUT2D eigenvalue weighted by molar-refractivity contribution is 0.372. The Morgan fingerprint density at radius 2 is 1.69 bits per heavy atom. The summed E-state index contributed by atoms with van der Waals surface area (Å²) in [6.45, 7) is 11.4. The molecule has 9 heteroatoms. The molecule has 0 aliphatic carbocycles. The number of aryl methyl sites for hydroxylation is 1. The average molecular weight is 572 g/mol. The first kappa shape index (κ1) is 26.4. The van der Waals surface area contributed by atoms with Crippen molar-refractivity contribution in [2.45, 2.75) is 32.2 Å². The van der Waals surface area contributed by atoms with E-state index in [1.165, 1.54) is 23.9 Å². The number of benzene rings is 2. The number of aliphatic imine (C=N–C) groups is 1. The second-order valence-corrected chi connectivity index (χ2v) is 9.60. The highest BCUT2D eigenvalue weighted by Crippen LogP contribution is 2.24. The van der Waals surface area contributed by atoms with Gasteiger partial charge in [-0.1, -0.05) is 24.3 Å². The van der Waals surface area contributed by atoms with E-state index in [4.69, 9.17) is 4.99 Å². The summed E-state index contributed by atoms with van der Waals surface area (Å²) in [5.74, 6) is 0.898. The number of rotatable bonds is 6. The number of hydrogen-bond acceptors (Lipinski definition) is 4. The normalized spacial score (nSPS) is 14.8. The van der Waals surface area contributed by atoms with Gasteiger partial charge in [0.2, 0.25) is 10.0 Å². The Bertz CT molecular complexity index is 1020. The molecule has 2 aromatic rings. The molecule has 0 aromatic heterocycles. The van der Waals surface area contributed by atoms with Crippen LogP contribution in [0.25, 0.3) is 0 Å². The van der Waals surface area contributed by atoms with Gasteiger partial charge in [0.1, 0.15) is 0 Å². The van der Waals surface area contributed by atoms with Gasteiger partial charge >= 0.3 is 0 Å². The Morgan fingerprint density at radius 3 is 2.28 bits per heavy atom. The third kappa shape index (κ3) is 6.35. The lowest BCUT2D eigenvalue weighted by atomic mass is 10.1. The molecular weight excluding hydrogens is 537 g/mol. The van der Waals surface area contributed by atoms with E-state index in [9.17, 15) is 8.42 Å². The van der Waals surface area contributed by atoms with Crippen LogP contribution in [0.4, 0.5) is 5.69 Å². The van der Waals surface area contributed by atoms with E-state index in [2.05, 4.69) is 58.8 Å². The van der Waals surface area contributed by atoms with Gasteiger partial charge in [0.25, 0.3) is 0 Å². The van der Waals surface area contributed by atoms with Crippen LogP contribution in [-0.2, 0) is 16.6 Å². The zero-order valence-electron chi connectivity index (χ0n) is 19.3. The molecule has 1 aliphatic heterocycles. The van der Waals surface area contributed by atoms with E-state index in [1.54, 1.807) is 12.1 Å². The fourth-order valence-corrected chi connectivity index (χ4v) is 4.45. The second-order valence-electron chi connectivity index (χ2n) is 7.71. The Morgan fingerprint density at radius 1 is 1.03 bits per heavy atom. The van der Waals surface area contributed by atoms with Crippen molar-refractivity contribution in [2.75, 3.05) is 44.7 Å². The van der Waals surface area contributed by atoms with Gasteiger partial charge in [0, 0.05) is 38.4 Å². The van der Waals surface area contributed by atoms with Gasteiger partial charge in [-0.2, -0.15) is 0 Å². The van der Waals surface area contributed by atoms with Crippen molar-refractivity contribution >= 4 is 45.6 Å². The van der Waals surface area contributed by atoms with Crippen LogP contribution in [0.5, 0.6) is 0 Å². The minimum atomic E-state index is -3.42. The van der Waals surface area contributed by atoms with E-state index in [0.717, 1.165) is 44.2 Å². The van der Waals surface area contributed by atoms with Gasteiger partial charge in [-0.3, -0.25) is 0 Å². The van der Waals surface area contributed by atoms with E-state index in [1.807, 2.05) is 12.1 Å². The van der Waals surface area contributed by atoms with E-state index < -0.39 is 10.0 Å². The lowest BCUT2D eigenvalue weighted by Gasteiger charge is -2.38. The van der Waals surface area contributed by atoms with Crippen molar-refractivity contribution in [2.24, 2.45) is 4.99 Å². The number of anilines is 1. The number of halogens is 1. The number of nitrogens with zero attached hydrogens (tertiary/aromatic N) is 3. The molecule has 32 heavy (non-hydrogen) atoms. The van der Waals surface area contributed by atoms with Crippen LogP contribution in [0, 0.1) is 13.8 Å². The molecule has 3 rings (SSSR count). The van der Waals surface area contributed by atoms with Crippen LogP contribution in [-0.4, -0.2) is 59.0 Å². The van der Waals surface area contributed by atoms with Gasteiger partial charge in [-0.25, -0.2) is 18.1 Å². The minimum absolute atomic E-state index is 0. The van der Waals surface area contributed by atoms with Gasteiger partial charge in [-0.05, 0) is 62.7 Å². The van der Waals surface area contributed by atoms with Crippen molar-refractivity contribution in [3.05, 3.63) is 59.2 Å². The Labute approximate surface area is 209 Å². The summed E-state index contributed by atoms with van der Waals surface area (Å²) in [7, 11) is -2.00. The van der Waals surface area contributed by atoms with Crippen LogP contribution in [0.3, 0.4) is 0 Å². The molecule has 0 amide bonds. The molecule has 1 heterocycles. The van der Waals surface area contributed by atoms with Gasteiger partial charge < -0.3 is 15.1 Å². The largest absolute Gasteiger partial charge is 0.368 e. The molecule has 176 valence electrons. The zero-order valence-corrected chi connectivity index (χ0v) is 22.4. The minimum Gasteiger partial charge on any atom is -0.368 e. The predicted octanol–water partition coefficient (Wildman–Crippen LogP) is 3.12. The summed E-state index contributed by atoms with van der Waals surface area (Å²) >= 11 is 0. The number of hydrogen-bond donors (Lipinski definition) is 2. The first-order valence-electron chi connectivity index (χ1n) is 10.7. The topological polar surface area (TPSA) is 77.0 Å². The quantitative estimate of drug-likeness (QED) is 0.317. The predicted molar refractivity (Wildman–Crippen MR) is 143 cm³/mol. The molecule has 0 radical (unpaired) electrons. The number of nitrogens with one attached hydrogen (secondary N) is 2. The molecule has 0 spiro atoms. The SMILES string of the molecule is CCNC(=NCc1ccc(S(=O)(=O)NC)cc1)N1CCN(c2cccc(C)c2C)CC1.I. The van der Waals surface area contributed by atoms with Gasteiger partial charge in [0.15, 0.2) is 5.96 Å². The second kappa shape index (κ2) is 11.9. The molecular formula is C23H34IN5O2S. The molecule has 0 saturated carbocycles.